The van der Waals surface area contributed by atoms with Gasteiger partial charge in [-0.3, -0.25) is 0 Å². The monoisotopic (exact) mass is 487 g/mol. The van der Waals surface area contributed by atoms with Gasteiger partial charge >= 0.3 is 0 Å². The van der Waals surface area contributed by atoms with Crippen molar-refractivity contribution in [2.24, 2.45) is 4.99 Å². The lowest BCUT2D eigenvalue weighted by Crippen LogP contribution is -2.38. The quantitative estimate of drug-likeness (QED) is 0.339. The summed E-state index contributed by atoms with van der Waals surface area (Å²) in [5.74, 6) is 1.85. The molecule has 0 radical (unpaired) electrons. The lowest BCUT2D eigenvalue weighted by Gasteiger charge is -2.13. The predicted octanol–water partition coefficient (Wildman–Crippen LogP) is 3.76. The molecule has 0 aliphatic heterocycles. The molecule has 0 atom stereocenters. The molecule has 27 heavy (non-hydrogen) atoms. The van der Waals surface area contributed by atoms with Crippen molar-refractivity contribution in [2.75, 3.05) is 27.3 Å². The summed E-state index contributed by atoms with van der Waals surface area (Å²) in [5.41, 5.74) is 1.70. The Morgan fingerprint density at radius 2 is 1.78 bits per heavy atom. The van der Waals surface area contributed by atoms with Crippen molar-refractivity contribution >= 4 is 29.9 Å². The number of aliphatic imine (C=N–C) groups is 1. The van der Waals surface area contributed by atoms with Crippen molar-refractivity contribution < 1.29 is 13.9 Å². The standard InChI is InChI=1S/C20H26FN3O2.HI/c1-4-22-20(24-14-16-7-5-6-8-17(16)21)23-12-11-15-9-10-18(25-2)19(13-15)26-3;/h5-10,13H,4,11-12,14H2,1-3H3,(H2,22,23,24);1H. The normalized spacial score (nSPS) is 10.7. The number of hydrogen-bond acceptors (Lipinski definition) is 3. The average molecular weight is 487 g/mol. The summed E-state index contributed by atoms with van der Waals surface area (Å²) in [5, 5.41) is 6.44. The van der Waals surface area contributed by atoms with Crippen LogP contribution in [0.3, 0.4) is 0 Å². The molecule has 5 nitrogen and oxygen atoms in total. The molecule has 0 unspecified atom stereocenters. The Morgan fingerprint density at radius 1 is 1.04 bits per heavy atom. The average Bonchev–Trinajstić information content (AvgIpc) is 2.67. The van der Waals surface area contributed by atoms with E-state index in [0.29, 0.717) is 36.1 Å². The first-order valence-corrected chi connectivity index (χ1v) is 8.64. The fourth-order valence-electron chi connectivity index (χ4n) is 2.49. The Bertz CT molecular complexity index is 741. The minimum absolute atomic E-state index is 0. The van der Waals surface area contributed by atoms with Crippen LogP contribution in [0.1, 0.15) is 18.1 Å². The molecule has 0 amide bonds. The minimum atomic E-state index is -0.238. The van der Waals surface area contributed by atoms with Gasteiger partial charge in [0.1, 0.15) is 5.82 Å². The Labute approximate surface area is 177 Å². The third kappa shape index (κ3) is 7.24. The van der Waals surface area contributed by atoms with E-state index in [-0.39, 0.29) is 29.8 Å². The van der Waals surface area contributed by atoms with Crippen LogP contribution in [-0.2, 0) is 13.0 Å². The molecule has 0 saturated carbocycles. The summed E-state index contributed by atoms with van der Waals surface area (Å²) < 4.78 is 24.3. The minimum Gasteiger partial charge on any atom is -0.493 e. The second-order valence-corrected chi connectivity index (χ2v) is 5.65. The molecule has 148 valence electrons. The van der Waals surface area contributed by atoms with Crippen LogP contribution in [0.25, 0.3) is 0 Å². The van der Waals surface area contributed by atoms with Gasteiger partial charge in [0.25, 0.3) is 0 Å². The molecule has 0 saturated heterocycles. The van der Waals surface area contributed by atoms with Crippen LogP contribution >= 0.6 is 24.0 Å². The van der Waals surface area contributed by atoms with Gasteiger partial charge in [-0.1, -0.05) is 24.3 Å². The van der Waals surface area contributed by atoms with E-state index in [2.05, 4.69) is 15.6 Å². The number of hydrogen-bond donors (Lipinski definition) is 2. The smallest absolute Gasteiger partial charge is 0.191 e. The maximum Gasteiger partial charge on any atom is 0.191 e. The highest BCUT2D eigenvalue weighted by molar-refractivity contribution is 14.0. The molecule has 2 aromatic carbocycles. The first kappa shape index (κ1) is 23.0. The summed E-state index contributed by atoms with van der Waals surface area (Å²) in [6.07, 6.45) is 0.796. The Balaban J connectivity index is 0.00000364. The number of rotatable bonds is 8. The van der Waals surface area contributed by atoms with Gasteiger partial charge in [0.2, 0.25) is 0 Å². The van der Waals surface area contributed by atoms with E-state index in [1.54, 1.807) is 26.4 Å². The van der Waals surface area contributed by atoms with Crippen molar-refractivity contribution in [3.8, 4) is 11.5 Å². The topological polar surface area (TPSA) is 54.9 Å². The van der Waals surface area contributed by atoms with Crippen LogP contribution in [0, 0.1) is 5.82 Å². The van der Waals surface area contributed by atoms with Gasteiger partial charge in [0.15, 0.2) is 17.5 Å². The molecule has 7 heteroatoms. The number of ether oxygens (including phenoxy) is 2. The molecule has 0 aliphatic carbocycles. The van der Waals surface area contributed by atoms with Gasteiger partial charge < -0.3 is 20.1 Å². The van der Waals surface area contributed by atoms with Crippen LogP contribution in [-0.4, -0.2) is 33.3 Å². The summed E-state index contributed by atoms with van der Waals surface area (Å²) >= 11 is 0. The fourth-order valence-corrected chi connectivity index (χ4v) is 2.49. The van der Waals surface area contributed by atoms with Crippen LogP contribution < -0.4 is 20.1 Å². The van der Waals surface area contributed by atoms with Crippen molar-refractivity contribution in [1.29, 1.82) is 0 Å². The number of halogens is 2. The Kier molecular flexibility index (Phi) is 10.5. The van der Waals surface area contributed by atoms with Crippen molar-refractivity contribution in [2.45, 2.75) is 19.9 Å². The second kappa shape index (κ2) is 12.4. The molecule has 0 heterocycles. The van der Waals surface area contributed by atoms with Crippen molar-refractivity contribution in [3.63, 3.8) is 0 Å². The zero-order valence-corrected chi connectivity index (χ0v) is 18.3. The maximum absolute atomic E-state index is 13.7. The van der Waals surface area contributed by atoms with E-state index in [1.807, 2.05) is 31.2 Å². The van der Waals surface area contributed by atoms with E-state index >= 15 is 0 Å². The second-order valence-electron chi connectivity index (χ2n) is 5.65. The summed E-state index contributed by atoms with van der Waals surface area (Å²) in [6.45, 7) is 3.71. The fraction of sp³-hybridized carbons (Fsp3) is 0.350. The summed E-state index contributed by atoms with van der Waals surface area (Å²) in [6, 6.07) is 12.5. The first-order valence-electron chi connectivity index (χ1n) is 8.64. The van der Waals surface area contributed by atoms with Gasteiger partial charge in [-0.05, 0) is 37.1 Å². The number of nitrogens with zero attached hydrogens (tertiary/aromatic N) is 1. The molecule has 0 aromatic heterocycles. The van der Waals surface area contributed by atoms with Gasteiger partial charge in [0.05, 0.1) is 20.8 Å². The van der Waals surface area contributed by atoms with Crippen LogP contribution in [0.5, 0.6) is 11.5 Å². The van der Waals surface area contributed by atoms with E-state index in [9.17, 15) is 4.39 Å². The predicted molar refractivity (Wildman–Crippen MR) is 118 cm³/mol. The lowest BCUT2D eigenvalue weighted by molar-refractivity contribution is 0.354. The van der Waals surface area contributed by atoms with Crippen molar-refractivity contribution in [3.05, 3.63) is 59.4 Å². The highest BCUT2D eigenvalue weighted by atomic mass is 127. The third-order valence-electron chi connectivity index (χ3n) is 3.86. The van der Waals surface area contributed by atoms with E-state index in [4.69, 9.17) is 9.47 Å². The van der Waals surface area contributed by atoms with E-state index in [0.717, 1.165) is 18.5 Å². The summed E-state index contributed by atoms with van der Waals surface area (Å²) in [7, 11) is 3.24. The molecule has 0 fully saturated rings. The first-order chi connectivity index (χ1) is 12.7. The molecule has 0 spiro atoms. The molecule has 2 rings (SSSR count). The molecule has 0 aliphatic rings. The zero-order valence-electron chi connectivity index (χ0n) is 15.9. The Hall–Kier alpha value is -2.03. The number of nitrogens with one attached hydrogen (secondary N) is 2. The number of guanidine groups is 1. The maximum atomic E-state index is 13.7. The van der Waals surface area contributed by atoms with Crippen LogP contribution in [0.2, 0.25) is 0 Å². The molecule has 0 bridgehead atoms. The molecule has 2 N–H and O–H groups in total. The van der Waals surface area contributed by atoms with Gasteiger partial charge in [0, 0.05) is 18.7 Å². The third-order valence-corrected chi connectivity index (χ3v) is 3.86. The Morgan fingerprint density at radius 3 is 2.44 bits per heavy atom. The zero-order chi connectivity index (χ0) is 18.8. The molecular formula is C20H27FIN3O2. The van der Waals surface area contributed by atoms with E-state index < -0.39 is 0 Å². The SMILES string of the molecule is CCNC(=NCc1ccccc1F)NCCc1ccc(OC)c(OC)c1.I. The van der Waals surface area contributed by atoms with Crippen LogP contribution in [0.15, 0.2) is 47.5 Å². The highest BCUT2D eigenvalue weighted by Crippen LogP contribution is 2.27. The van der Waals surface area contributed by atoms with Gasteiger partial charge in [-0.25, -0.2) is 9.38 Å². The van der Waals surface area contributed by atoms with E-state index in [1.165, 1.54) is 6.07 Å². The molecule has 2 aromatic rings. The lowest BCUT2D eigenvalue weighted by atomic mass is 10.1. The highest BCUT2D eigenvalue weighted by Gasteiger charge is 2.05. The number of benzene rings is 2. The van der Waals surface area contributed by atoms with Gasteiger partial charge in [-0.2, -0.15) is 0 Å². The largest absolute Gasteiger partial charge is 0.493 e. The van der Waals surface area contributed by atoms with Crippen LogP contribution in [0.4, 0.5) is 4.39 Å². The number of methoxy groups -OCH3 is 2. The molecular weight excluding hydrogens is 460 g/mol. The van der Waals surface area contributed by atoms with Crippen molar-refractivity contribution in [1.82, 2.24) is 10.6 Å². The summed E-state index contributed by atoms with van der Waals surface area (Å²) in [4.78, 5) is 4.45. The van der Waals surface area contributed by atoms with Gasteiger partial charge in [-0.15, -0.1) is 24.0 Å².